The molecule has 2 N–H and O–H groups in total. The van der Waals surface area contributed by atoms with Crippen LogP contribution in [-0.4, -0.2) is 11.2 Å². The van der Waals surface area contributed by atoms with Gasteiger partial charge in [0.1, 0.15) is 0 Å². The summed E-state index contributed by atoms with van der Waals surface area (Å²) in [6, 6.07) is 9.62. The highest BCUT2D eigenvalue weighted by Crippen LogP contribution is 2.18. The van der Waals surface area contributed by atoms with Crippen molar-refractivity contribution in [2.45, 2.75) is 11.4 Å². The SMILES string of the molecule is N=Cc1cc(S)ccc1NCc1cccnc1. The fraction of sp³-hybridized carbons (Fsp3) is 0.0769. The van der Waals surface area contributed by atoms with Crippen LogP contribution in [0.2, 0.25) is 0 Å². The first-order valence-electron chi connectivity index (χ1n) is 5.26. The number of pyridine rings is 1. The van der Waals surface area contributed by atoms with E-state index in [2.05, 4.69) is 22.9 Å². The van der Waals surface area contributed by atoms with Crippen LogP contribution in [0.4, 0.5) is 5.69 Å². The van der Waals surface area contributed by atoms with Gasteiger partial charge in [0.05, 0.1) is 0 Å². The zero-order valence-corrected chi connectivity index (χ0v) is 10.1. The molecule has 0 bridgehead atoms. The monoisotopic (exact) mass is 243 g/mol. The molecule has 2 rings (SSSR count). The Balaban J connectivity index is 2.11. The molecular weight excluding hydrogens is 230 g/mol. The van der Waals surface area contributed by atoms with Crippen molar-refractivity contribution in [3.05, 3.63) is 53.9 Å². The van der Waals surface area contributed by atoms with Crippen LogP contribution in [0.1, 0.15) is 11.1 Å². The molecule has 1 aromatic carbocycles. The number of nitrogens with zero attached hydrogens (tertiary/aromatic N) is 1. The van der Waals surface area contributed by atoms with E-state index in [1.54, 1.807) is 6.20 Å². The molecule has 1 aromatic heterocycles. The molecule has 0 atom stereocenters. The topological polar surface area (TPSA) is 48.8 Å². The summed E-state index contributed by atoms with van der Waals surface area (Å²) in [4.78, 5) is 4.91. The van der Waals surface area contributed by atoms with Gasteiger partial charge in [0, 0.05) is 41.3 Å². The van der Waals surface area contributed by atoms with Crippen LogP contribution in [0.5, 0.6) is 0 Å². The van der Waals surface area contributed by atoms with Crippen molar-refractivity contribution in [2.24, 2.45) is 0 Å². The third kappa shape index (κ3) is 3.07. The number of rotatable bonds is 4. The lowest BCUT2D eigenvalue weighted by molar-refractivity contribution is 1.11. The van der Waals surface area contributed by atoms with Crippen molar-refractivity contribution in [1.82, 2.24) is 4.98 Å². The molecule has 0 aliphatic heterocycles. The first-order chi connectivity index (χ1) is 8.29. The van der Waals surface area contributed by atoms with Crippen molar-refractivity contribution in [3.63, 3.8) is 0 Å². The van der Waals surface area contributed by atoms with E-state index < -0.39 is 0 Å². The molecule has 0 saturated carbocycles. The van der Waals surface area contributed by atoms with Crippen LogP contribution in [0, 0.1) is 5.41 Å². The number of hydrogen-bond donors (Lipinski definition) is 3. The van der Waals surface area contributed by atoms with Gasteiger partial charge in [0.15, 0.2) is 0 Å². The van der Waals surface area contributed by atoms with Gasteiger partial charge in [-0.05, 0) is 29.8 Å². The summed E-state index contributed by atoms with van der Waals surface area (Å²) in [7, 11) is 0. The second-order valence-electron chi connectivity index (χ2n) is 3.63. The average Bonchev–Trinajstić information content (AvgIpc) is 2.38. The van der Waals surface area contributed by atoms with E-state index in [0.717, 1.165) is 21.7 Å². The molecule has 0 spiro atoms. The van der Waals surface area contributed by atoms with Gasteiger partial charge in [-0.25, -0.2) is 0 Å². The van der Waals surface area contributed by atoms with E-state index in [1.165, 1.54) is 6.21 Å². The summed E-state index contributed by atoms with van der Waals surface area (Å²) >= 11 is 4.25. The van der Waals surface area contributed by atoms with E-state index >= 15 is 0 Å². The van der Waals surface area contributed by atoms with Gasteiger partial charge in [-0.2, -0.15) is 0 Å². The quantitative estimate of drug-likeness (QED) is 0.571. The second-order valence-corrected chi connectivity index (χ2v) is 4.15. The molecular formula is C13H13N3S. The molecule has 2 aromatic rings. The Kier molecular flexibility index (Phi) is 3.77. The molecule has 3 nitrogen and oxygen atoms in total. The molecule has 0 saturated heterocycles. The van der Waals surface area contributed by atoms with E-state index in [9.17, 15) is 0 Å². The van der Waals surface area contributed by atoms with Crippen molar-refractivity contribution < 1.29 is 0 Å². The predicted octanol–water partition coefficient (Wildman–Crippen LogP) is 2.98. The minimum atomic E-state index is 0.695. The molecule has 0 unspecified atom stereocenters. The molecule has 1 heterocycles. The van der Waals surface area contributed by atoms with E-state index in [-0.39, 0.29) is 0 Å². The average molecular weight is 243 g/mol. The summed E-state index contributed by atoms with van der Waals surface area (Å²) in [5.41, 5.74) is 2.88. The van der Waals surface area contributed by atoms with Gasteiger partial charge in [0.25, 0.3) is 0 Å². The van der Waals surface area contributed by atoms with E-state index in [0.29, 0.717) is 6.54 Å². The summed E-state index contributed by atoms with van der Waals surface area (Å²) in [6.45, 7) is 0.695. The minimum Gasteiger partial charge on any atom is -0.380 e. The summed E-state index contributed by atoms with van der Waals surface area (Å²) in [5, 5.41) is 10.6. The molecule has 0 radical (unpaired) electrons. The summed E-state index contributed by atoms with van der Waals surface area (Å²) in [5.74, 6) is 0. The molecule has 0 amide bonds. The Morgan fingerprint density at radius 1 is 1.35 bits per heavy atom. The summed E-state index contributed by atoms with van der Waals surface area (Å²) in [6.07, 6.45) is 4.90. The lowest BCUT2D eigenvalue weighted by Gasteiger charge is -2.09. The van der Waals surface area contributed by atoms with Gasteiger partial charge in [-0.3, -0.25) is 4.98 Å². The maximum atomic E-state index is 7.35. The Hall–Kier alpha value is -1.81. The third-order valence-corrected chi connectivity index (χ3v) is 2.67. The normalized spacial score (nSPS) is 9.94. The van der Waals surface area contributed by atoms with E-state index in [1.807, 2.05) is 36.5 Å². The number of anilines is 1. The number of nitrogens with one attached hydrogen (secondary N) is 2. The third-order valence-electron chi connectivity index (χ3n) is 2.40. The minimum absolute atomic E-state index is 0.695. The lowest BCUT2D eigenvalue weighted by Crippen LogP contribution is -2.02. The van der Waals surface area contributed by atoms with Gasteiger partial charge in [0.2, 0.25) is 0 Å². The van der Waals surface area contributed by atoms with Crippen LogP contribution in [0.3, 0.4) is 0 Å². The van der Waals surface area contributed by atoms with Crippen LogP contribution < -0.4 is 5.32 Å². The maximum absolute atomic E-state index is 7.35. The summed E-state index contributed by atoms with van der Waals surface area (Å²) < 4.78 is 0. The largest absolute Gasteiger partial charge is 0.380 e. The molecule has 17 heavy (non-hydrogen) atoms. The number of aromatic nitrogens is 1. The van der Waals surface area contributed by atoms with Crippen LogP contribution in [-0.2, 0) is 6.54 Å². The van der Waals surface area contributed by atoms with Crippen LogP contribution in [0.15, 0.2) is 47.6 Å². The fourth-order valence-corrected chi connectivity index (χ4v) is 1.74. The fourth-order valence-electron chi connectivity index (χ4n) is 1.53. The van der Waals surface area contributed by atoms with Crippen LogP contribution in [0.25, 0.3) is 0 Å². The lowest BCUT2D eigenvalue weighted by atomic mass is 10.2. The number of hydrogen-bond acceptors (Lipinski definition) is 4. The van der Waals surface area contributed by atoms with Gasteiger partial charge < -0.3 is 10.7 Å². The molecule has 0 fully saturated rings. The van der Waals surface area contributed by atoms with Gasteiger partial charge in [-0.1, -0.05) is 6.07 Å². The Morgan fingerprint density at radius 3 is 2.94 bits per heavy atom. The first kappa shape index (κ1) is 11.7. The standard InChI is InChI=1S/C13H13N3S/c14-7-11-6-12(17)3-4-13(11)16-9-10-2-1-5-15-8-10/h1-8,14,16-17H,9H2. The highest BCUT2D eigenvalue weighted by molar-refractivity contribution is 7.80. The van der Waals surface area contributed by atoms with Gasteiger partial charge >= 0.3 is 0 Å². The van der Waals surface area contributed by atoms with E-state index in [4.69, 9.17) is 5.41 Å². The van der Waals surface area contributed by atoms with Gasteiger partial charge in [-0.15, -0.1) is 12.6 Å². The highest BCUT2D eigenvalue weighted by atomic mass is 32.1. The molecule has 4 heteroatoms. The molecule has 0 aliphatic carbocycles. The van der Waals surface area contributed by atoms with Crippen LogP contribution >= 0.6 is 12.6 Å². The Bertz CT molecular complexity index is 511. The predicted molar refractivity (Wildman–Crippen MR) is 73.1 cm³/mol. The Morgan fingerprint density at radius 2 is 2.24 bits per heavy atom. The zero-order valence-electron chi connectivity index (χ0n) is 9.22. The van der Waals surface area contributed by atoms with Crippen molar-refractivity contribution >= 4 is 24.5 Å². The Labute approximate surface area is 106 Å². The number of benzene rings is 1. The van der Waals surface area contributed by atoms with Crippen molar-refractivity contribution in [1.29, 1.82) is 5.41 Å². The second kappa shape index (κ2) is 5.50. The zero-order chi connectivity index (χ0) is 12.1. The highest BCUT2D eigenvalue weighted by Gasteiger charge is 2.00. The number of thiol groups is 1. The molecule has 86 valence electrons. The van der Waals surface area contributed by atoms with Crippen molar-refractivity contribution in [3.8, 4) is 0 Å². The van der Waals surface area contributed by atoms with Crippen molar-refractivity contribution in [2.75, 3.05) is 5.32 Å². The molecule has 0 aliphatic rings. The maximum Gasteiger partial charge on any atom is 0.0432 e. The smallest absolute Gasteiger partial charge is 0.0432 e. The first-order valence-corrected chi connectivity index (χ1v) is 5.70.